The standard InChI is InChI=1S/C13H22N4O3/c1-3-19-8-12-15-11(14)4-13(16-12)17-5-10(6-18)20-7-9(17)2/h4,9-10,18H,3,5-8H2,1-2H3,(H2,14,15,16). The average Bonchev–Trinajstić information content (AvgIpc) is 2.45. The van der Waals surface area contributed by atoms with Crippen molar-refractivity contribution in [3.63, 3.8) is 0 Å². The Morgan fingerprint density at radius 1 is 1.55 bits per heavy atom. The lowest BCUT2D eigenvalue weighted by Crippen LogP contribution is -2.50. The van der Waals surface area contributed by atoms with Gasteiger partial charge in [-0.05, 0) is 13.8 Å². The first-order valence-electron chi connectivity index (χ1n) is 6.84. The maximum absolute atomic E-state index is 9.24. The zero-order valence-corrected chi connectivity index (χ0v) is 12.0. The highest BCUT2D eigenvalue weighted by Gasteiger charge is 2.27. The van der Waals surface area contributed by atoms with Crippen LogP contribution in [0.1, 0.15) is 19.7 Å². The Bertz CT molecular complexity index is 444. The van der Waals surface area contributed by atoms with Crippen molar-refractivity contribution in [2.75, 3.05) is 37.0 Å². The molecule has 0 bridgehead atoms. The molecule has 7 heteroatoms. The molecular formula is C13H22N4O3. The summed E-state index contributed by atoms with van der Waals surface area (Å²) < 4.78 is 10.8. The fraction of sp³-hybridized carbons (Fsp3) is 0.692. The molecule has 20 heavy (non-hydrogen) atoms. The number of nitrogens with zero attached hydrogens (tertiary/aromatic N) is 3. The molecule has 2 heterocycles. The maximum atomic E-state index is 9.24. The summed E-state index contributed by atoms with van der Waals surface area (Å²) in [6.07, 6.45) is -0.197. The third-order valence-corrected chi connectivity index (χ3v) is 3.22. The lowest BCUT2D eigenvalue weighted by atomic mass is 10.2. The number of nitrogen functional groups attached to an aromatic ring is 1. The minimum Gasteiger partial charge on any atom is -0.394 e. The van der Waals surface area contributed by atoms with Gasteiger partial charge in [-0.3, -0.25) is 0 Å². The van der Waals surface area contributed by atoms with E-state index in [1.165, 1.54) is 0 Å². The van der Waals surface area contributed by atoms with Crippen LogP contribution in [0.4, 0.5) is 11.6 Å². The van der Waals surface area contributed by atoms with Gasteiger partial charge in [0.1, 0.15) is 18.2 Å². The number of rotatable bonds is 5. The molecule has 0 amide bonds. The van der Waals surface area contributed by atoms with E-state index in [9.17, 15) is 5.11 Å². The van der Waals surface area contributed by atoms with Crippen LogP contribution >= 0.6 is 0 Å². The highest BCUT2D eigenvalue weighted by Crippen LogP contribution is 2.21. The third-order valence-electron chi connectivity index (χ3n) is 3.22. The van der Waals surface area contributed by atoms with Gasteiger partial charge in [-0.1, -0.05) is 0 Å². The van der Waals surface area contributed by atoms with Crippen molar-refractivity contribution < 1.29 is 14.6 Å². The summed E-state index contributed by atoms with van der Waals surface area (Å²) in [7, 11) is 0. The summed E-state index contributed by atoms with van der Waals surface area (Å²) in [4.78, 5) is 10.7. The SMILES string of the molecule is CCOCc1nc(N)cc(N2CC(CO)OCC2C)n1. The highest BCUT2D eigenvalue weighted by atomic mass is 16.5. The second kappa shape index (κ2) is 6.83. The molecule has 0 saturated carbocycles. The summed E-state index contributed by atoms with van der Waals surface area (Å²) in [5, 5.41) is 9.24. The zero-order chi connectivity index (χ0) is 14.5. The normalized spacial score (nSPS) is 23.1. The van der Waals surface area contributed by atoms with Crippen molar-refractivity contribution in [3.05, 3.63) is 11.9 Å². The van der Waals surface area contributed by atoms with Crippen LogP contribution in [0.25, 0.3) is 0 Å². The number of morpholine rings is 1. The Morgan fingerprint density at radius 3 is 3.05 bits per heavy atom. The summed E-state index contributed by atoms with van der Waals surface area (Å²) in [5.74, 6) is 1.74. The first-order valence-corrected chi connectivity index (χ1v) is 6.84. The molecule has 3 N–H and O–H groups in total. The first-order chi connectivity index (χ1) is 9.63. The van der Waals surface area contributed by atoms with Crippen LogP contribution in [0, 0.1) is 0 Å². The molecular weight excluding hydrogens is 260 g/mol. The minimum absolute atomic E-state index is 0.00438. The Hall–Kier alpha value is -1.44. The van der Waals surface area contributed by atoms with Crippen molar-refractivity contribution >= 4 is 11.6 Å². The number of aliphatic hydroxyl groups is 1. The Morgan fingerprint density at radius 2 is 2.35 bits per heavy atom. The van der Waals surface area contributed by atoms with Crippen LogP contribution in [0.3, 0.4) is 0 Å². The molecule has 1 aromatic rings. The molecule has 0 aromatic carbocycles. The van der Waals surface area contributed by atoms with E-state index in [0.29, 0.717) is 38.0 Å². The van der Waals surface area contributed by atoms with Gasteiger partial charge in [-0.15, -0.1) is 0 Å². The zero-order valence-electron chi connectivity index (χ0n) is 12.0. The van der Waals surface area contributed by atoms with Crippen molar-refractivity contribution in [2.45, 2.75) is 32.6 Å². The molecule has 1 saturated heterocycles. The molecule has 0 radical (unpaired) electrons. The van der Waals surface area contributed by atoms with E-state index in [2.05, 4.69) is 14.9 Å². The summed E-state index contributed by atoms with van der Waals surface area (Å²) in [6.45, 7) is 6.05. The predicted octanol–water partition coefficient (Wildman–Crippen LogP) is 0.181. The van der Waals surface area contributed by atoms with E-state index in [0.717, 1.165) is 5.82 Å². The van der Waals surface area contributed by atoms with Gasteiger partial charge in [0.15, 0.2) is 5.82 Å². The maximum Gasteiger partial charge on any atom is 0.158 e. The van der Waals surface area contributed by atoms with Crippen LogP contribution in [0.2, 0.25) is 0 Å². The number of ether oxygens (including phenoxy) is 2. The van der Waals surface area contributed by atoms with Crippen LogP contribution in [-0.4, -0.2) is 53.6 Å². The fourth-order valence-electron chi connectivity index (χ4n) is 2.16. The quantitative estimate of drug-likeness (QED) is 0.795. The molecule has 112 valence electrons. The van der Waals surface area contributed by atoms with Crippen molar-refractivity contribution in [3.8, 4) is 0 Å². The Balaban J connectivity index is 2.19. The fourth-order valence-corrected chi connectivity index (χ4v) is 2.16. The topological polar surface area (TPSA) is 93.7 Å². The molecule has 1 aliphatic heterocycles. The number of hydrogen-bond donors (Lipinski definition) is 2. The number of aromatic nitrogens is 2. The van der Waals surface area contributed by atoms with Crippen molar-refractivity contribution in [2.24, 2.45) is 0 Å². The van der Waals surface area contributed by atoms with Gasteiger partial charge in [-0.25, -0.2) is 9.97 Å². The largest absolute Gasteiger partial charge is 0.394 e. The van der Waals surface area contributed by atoms with Crippen LogP contribution < -0.4 is 10.6 Å². The van der Waals surface area contributed by atoms with Gasteiger partial charge in [0.25, 0.3) is 0 Å². The monoisotopic (exact) mass is 282 g/mol. The van der Waals surface area contributed by atoms with E-state index < -0.39 is 0 Å². The van der Waals surface area contributed by atoms with E-state index >= 15 is 0 Å². The second-order valence-electron chi connectivity index (χ2n) is 4.84. The molecule has 1 fully saturated rings. The smallest absolute Gasteiger partial charge is 0.158 e. The molecule has 1 aromatic heterocycles. The molecule has 2 rings (SSSR count). The molecule has 2 atom stereocenters. The molecule has 7 nitrogen and oxygen atoms in total. The van der Waals surface area contributed by atoms with E-state index in [1.807, 2.05) is 13.8 Å². The summed E-state index contributed by atoms with van der Waals surface area (Å²) in [5.41, 5.74) is 5.84. The Labute approximate surface area is 118 Å². The highest BCUT2D eigenvalue weighted by molar-refractivity contribution is 5.48. The van der Waals surface area contributed by atoms with Crippen LogP contribution in [0.15, 0.2) is 6.07 Å². The van der Waals surface area contributed by atoms with Gasteiger partial charge in [0.2, 0.25) is 0 Å². The summed E-state index contributed by atoms with van der Waals surface area (Å²) >= 11 is 0. The Kier molecular flexibility index (Phi) is 5.11. The van der Waals surface area contributed by atoms with E-state index in [1.54, 1.807) is 6.07 Å². The van der Waals surface area contributed by atoms with E-state index in [-0.39, 0.29) is 18.8 Å². The van der Waals surface area contributed by atoms with Crippen molar-refractivity contribution in [1.82, 2.24) is 9.97 Å². The van der Waals surface area contributed by atoms with Crippen LogP contribution in [0.5, 0.6) is 0 Å². The molecule has 0 aliphatic carbocycles. The number of anilines is 2. The van der Waals surface area contributed by atoms with Gasteiger partial charge < -0.3 is 25.2 Å². The molecule has 1 aliphatic rings. The van der Waals surface area contributed by atoms with Gasteiger partial charge >= 0.3 is 0 Å². The third kappa shape index (κ3) is 3.56. The van der Waals surface area contributed by atoms with Crippen molar-refractivity contribution in [1.29, 1.82) is 0 Å². The summed E-state index contributed by atoms with van der Waals surface area (Å²) in [6, 6.07) is 1.91. The molecule has 0 spiro atoms. The van der Waals surface area contributed by atoms with Gasteiger partial charge in [0.05, 0.1) is 25.4 Å². The number of aliphatic hydroxyl groups excluding tert-OH is 1. The second-order valence-corrected chi connectivity index (χ2v) is 4.84. The number of nitrogens with two attached hydrogens (primary N) is 1. The predicted molar refractivity (Wildman–Crippen MR) is 75.4 cm³/mol. The lowest BCUT2D eigenvalue weighted by Gasteiger charge is -2.38. The average molecular weight is 282 g/mol. The van der Waals surface area contributed by atoms with Gasteiger partial charge in [-0.2, -0.15) is 0 Å². The lowest BCUT2D eigenvalue weighted by molar-refractivity contribution is -0.0106. The van der Waals surface area contributed by atoms with E-state index in [4.69, 9.17) is 15.2 Å². The minimum atomic E-state index is -0.197. The molecule has 2 unspecified atom stereocenters. The first kappa shape index (κ1) is 15.0. The van der Waals surface area contributed by atoms with Gasteiger partial charge in [0, 0.05) is 19.2 Å². The number of hydrogen-bond acceptors (Lipinski definition) is 7. The van der Waals surface area contributed by atoms with Crippen LogP contribution in [-0.2, 0) is 16.1 Å².